The molecular weight excluding hydrogens is 364 g/mol. The molecule has 5 atom stereocenters. The molecular formula is C17H26O10. The van der Waals surface area contributed by atoms with Crippen LogP contribution in [0.5, 0.6) is 0 Å². The minimum atomic E-state index is -1.20. The van der Waals surface area contributed by atoms with Gasteiger partial charge in [0.1, 0.15) is 12.7 Å². The van der Waals surface area contributed by atoms with Crippen molar-refractivity contribution >= 4 is 23.9 Å². The van der Waals surface area contributed by atoms with Gasteiger partial charge < -0.3 is 28.4 Å². The lowest BCUT2D eigenvalue weighted by atomic mass is 9.98. The van der Waals surface area contributed by atoms with Crippen LogP contribution in [0.1, 0.15) is 41.0 Å². The minimum absolute atomic E-state index is 0.272. The van der Waals surface area contributed by atoms with Crippen LogP contribution in [0.3, 0.4) is 0 Å². The van der Waals surface area contributed by atoms with Gasteiger partial charge in [-0.1, -0.05) is 6.92 Å². The molecule has 0 N–H and O–H groups in total. The van der Waals surface area contributed by atoms with Crippen LogP contribution >= 0.6 is 0 Å². The van der Waals surface area contributed by atoms with E-state index in [1.54, 1.807) is 0 Å². The second-order valence-corrected chi connectivity index (χ2v) is 5.94. The molecule has 10 nitrogen and oxygen atoms in total. The van der Waals surface area contributed by atoms with Crippen LogP contribution < -0.4 is 0 Å². The molecule has 0 aromatic heterocycles. The van der Waals surface area contributed by atoms with Gasteiger partial charge in [0.2, 0.25) is 0 Å². The maximum absolute atomic E-state index is 11.6. The third-order valence-corrected chi connectivity index (χ3v) is 3.43. The van der Waals surface area contributed by atoms with Crippen molar-refractivity contribution in [1.29, 1.82) is 0 Å². The van der Waals surface area contributed by atoms with Gasteiger partial charge in [-0.2, -0.15) is 0 Å². The van der Waals surface area contributed by atoms with E-state index in [1.165, 1.54) is 13.8 Å². The first kappa shape index (κ1) is 22.8. The quantitative estimate of drug-likeness (QED) is 0.427. The predicted molar refractivity (Wildman–Crippen MR) is 88.2 cm³/mol. The molecule has 0 aromatic rings. The number of carbonyl (C=O) groups excluding carboxylic acids is 4. The van der Waals surface area contributed by atoms with E-state index in [0.29, 0.717) is 6.42 Å². The van der Waals surface area contributed by atoms with Gasteiger partial charge in [0, 0.05) is 34.3 Å². The average Bonchev–Trinajstić information content (AvgIpc) is 2.54. The first-order valence-electron chi connectivity index (χ1n) is 8.57. The Labute approximate surface area is 157 Å². The van der Waals surface area contributed by atoms with Gasteiger partial charge in [0.15, 0.2) is 24.6 Å². The number of rotatable bonds is 8. The monoisotopic (exact) mass is 390 g/mol. The maximum atomic E-state index is 11.6. The molecule has 1 saturated heterocycles. The van der Waals surface area contributed by atoms with Crippen molar-refractivity contribution in [1.82, 2.24) is 0 Å². The fourth-order valence-electron chi connectivity index (χ4n) is 2.56. The van der Waals surface area contributed by atoms with E-state index in [9.17, 15) is 19.2 Å². The minimum Gasteiger partial charge on any atom is -0.463 e. The Morgan fingerprint density at radius 3 is 1.78 bits per heavy atom. The van der Waals surface area contributed by atoms with Crippen molar-refractivity contribution in [2.24, 2.45) is 0 Å². The summed E-state index contributed by atoms with van der Waals surface area (Å²) in [6, 6.07) is 0. The van der Waals surface area contributed by atoms with E-state index in [1.807, 2.05) is 6.92 Å². The lowest BCUT2D eigenvalue weighted by Crippen LogP contribution is -2.63. The van der Waals surface area contributed by atoms with E-state index >= 15 is 0 Å². The van der Waals surface area contributed by atoms with Crippen molar-refractivity contribution in [2.75, 3.05) is 13.2 Å². The molecule has 0 aromatic carbocycles. The molecule has 0 spiro atoms. The third kappa shape index (κ3) is 7.51. The summed E-state index contributed by atoms with van der Waals surface area (Å²) in [7, 11) is 0. The van der Waals surface area contributed by atoms with Gasteiger partial charge >= 0.3 is 23.9 Å². The molecule has 1 unspecified atom stereocenters. The molecule has 1 heterocycles. The molecule has 10 heteroatoms. The summed E-state index contributed by atoms with van der Waals surface area (Å²) in [6.45, 7) is 6.57. The first-order valence-corrected chi connectivity index (χ1v) is 8.57. The fraction of sp³-hybridized carbons (Fsp3) is 0.765. The Bertz CT molecular complexity index is 546. The zero-order chi connectivity index (χ0) is 20.6. The van der Waals surface area contributed by atoms with Crippen molar-refractivity contribution < 1.29 is 47.6 Å². The summed E-state index contributed by atoms with van der Waals surface area (Å²) >= 11 is 0. The van der Waals surface area contributed by atoms with E-state index in [0.717, 1.165) is 13.8 Å². The molecule has 0 amide bonds. The van der Waals surface area contributed by atoms with Crippen LogP contribution in [0.25, 0.3) is 0 Å². The highest BCUT2D eigenvalue weighted by Crippen LogP contribution is 2.30. The molecule has 1 aliphatic rings. The van der Waals surface area contributed by atoms with Crippen molar-refractivity contribution in [3.8, 4) is 0 Å². The number of ether oxygens (including phenoxy) is 6. The number of hydrogen-bond acceptors (Lipinski definition) is 10. The summed E-state index contributed by atoms with van der Waals surface area (Å²) in [6.07, 6.45) is -4.99. The molecule has 1 rings (SSSR count). The normalized spacial score (nSPS) is 27.4. The highest BCUT2D eigenvalue weighted by Gasteiger charge is 2.52. The second kappa shape index (κ2) is 10.8. The molecule has 27 heavy (non-hydrogen) atoms. The zero-order valence-electron chi connectivity index (χ0n) is 16.1. The molecule has 0 aliphatic carbocycles. The van der Waals surface area contributed by atoms with Gasteiger partial charge in [0.25, 0.3) is 0 Å². The van der Waals surface area contributed by atoms with Crippen molar-refractivity contribution in [3.63, 3.8) is 0 Å². The van der Waals surface area contributed by atoms with Crippen LogP contribution in [-0.4, -0.2) is 67.8 Å². The van der Waals surface area contributed by atoms with Crippen LogP contribution in [0.15, 0.2) is 0 Å². The van der Waals surface area contributed by atoms with E-state index in [4.69, 9.17) is 28.4 Å². The van der Waals surface area contributed by atoms with Crippen LogP contribution in [0.2, 0.25) is 0 Å². The summed E-state index contributed by atoms with van der Waals surface area (Å²) < 4.78 is 32.0. The Morgan fingerprint density at radius 2 is 1.30 bits per heavy atom. The third-order valence-electron chi connectivity index (χ3n) is 3.43. The topological polar surface area (TPSA) is 124 Å². The van der Waals surface area contributed by atoms with Crippen LogP contribution in [-0.2, 0) is 47.6 Å². The van der Waals surface area contributed by atoms with E-state index in [2.05, 4.69) is 0 Å². The number of esters is 4. The fourth-order valence-corrected chi connectivity index (χ4v) is 2.56. The highest BCUT2D eigenvalue weighted by molar-refractivity contribution is 5.68. The van der Waals surface area contributed by atoms with E-state index in [-0.39, 0.29) is 13.2 Å². The molecule has 1 aliphatic heterocycles. The molecule has 0 bridgehead atoms. The first-order chi connectivity index (χ1) is 12.6. The highest BCUT2D eigenvalue weighted by atomic mass is 16.7. The largest absolute Gasteiger partial charge is 0.463 e. The molecule has 154 valence electrons. The lowest BCUT2D eigenvalue weighted by molar-refractivity contribution is -0.308. The van der Waals surface area contributed by atoms with Gasteiger partial charge in [-0.15, -0.1) is 0 Å². The van der Waals surface area contributed by atoms with E-state index < -0.39 is 54.6 Å². The second-order valence-electron chi connectivity index (χ2n) is 5.94. The summed E-state index contributed by atoms with van der Waals surface area (Å²) in [5, 5.41) is 0. The summed E-state index contributed by atoms with van der Waals surface area (Å²) in [4.78, 5) is 45.8. The summed E-state index contributed by atoms with van der Waals surface area (Å²) in [5.74, 6) is -2.59. The van der Waals surface area contributed by atoms with Crippen molar-refractivity contribution in [2.45, 2.75) is 71.7 Å². The molecule has 0 saturated carbocycles. The number of carbonyl (C=O) groups is 4. The molecule has 1 fully saturated rings. The van der Waals surface area contributed by atoms with Crippen LogP contribution in [0.4, 0.5) is 0 Å². The lowest BCUT2D eigenvalue weighted by Gasteiger charge is -2.44. The summed E-state index contributed by atoms with van der Waals surface area (Å²) in [5.41, 5.74) is 0. The van der Waals surface area contributed by atoms with Crippen molar-refractivity contribution in [3.05, 3.63) is 0 Å². The predicted octanol–water partition coefficient (Wildman–Crippen LogP) is 0.496. The smallest absolute Gasteiger partial charge is 0.303 e. The van der Waals surface area contributed by atoms with Gasteiger partial charge in [-0.25, -0.2) is 0 Å². The van der Waals surface area contributed by atoms with Gasteiger partial charge in [-0.3, -0.25) is 19.2 Å². The Balaban J connectivity index is 3.22. The average molecular weight is 390 g/mol. The zero-order valence-corrected chi connectivity index (χ0v) is 16.1. The number of hydrogen-bond donors (Lipinski definition) is 0. The maximum Gasteiger partial charge on any atom is 0.303 e. The van der Waals surface area contributed by atoms with Gasteiger partial charge in [-0.05, 0) is 6.42 Å². The van der Waals surface area contributed by atoms with Crippen LogP contribution in [0, 0.1) is 0 Å². The Morgan fingerprint density at radius 1 is 0.778 bits per heavy atom. The standard InChI is InChI=1S/C17H26O10/c1-6-7-22-17-16(26-12(5)21)15(25-11(4)20)14(24-10(3)19)13(27-17)8-23-9(2)18/h13-17H,6-8H2,1-5H3/t13-,14-,15+,16-,17?/m1/s1. The van der Waals surface area contributed by atoms with Gasteiger partial charge in [0.05, 0.1) is 0 Å². The molecule has 0 radical (unpaired) electrons. The SMILES string of the molecule is CCCOC1O[C@H](COC(C)=O)[C@@H](OC(C)=O)[C@H](OC(C)=O)[C@H]1OC(C)=O. The Kier molecular flexibility index (Phi) is 9.16. The Hall–Kier alpha value is -2.20.